The fraction of sp³-hybridized carbons (Fsp3) is 0.375. The van der Waals surface area contributed by atoms with Crippen molar-refractivity contribution in [3.05, 3.63) is 59.7 Å². The van der Waals surface area contributed by atoms with Crippen LogP contribution in [0.3, 0.4) is 0 Å². The highest BCUT2D eigenvalue weighted by Gasteiger charge is 2.17. The number of hydrogen-bond acceptors (Lipinski definition) is 11. The van der Waals surface area contributed by atoms with Crippen molar-refractivity contribution in [3.63, 3.8) is 0 Å². The van der Waals surface area contributed by atoms with Crippen LogP contribution < -0.4 is 31.2 Å². The summed E-state index contributed by atoms with van der Waals surface area (Å²) in [6.07, 6.45) is 0. The second-order valence-electron chi connectivity index (χ2n) is 7.59. The first kappa shape index (κ1) is 24.5. The lowest BCUT2D eigenvalue weighted by atomic mass is 10.2. The Hall–Kier alpha value is -3.67. The molecule has 0 fully saturated rings. The molecule has 3 aromatic rings. The van der Waals surface area contributed by atoms with Crippen LogP contribution in [0.4, 0.5) is 17.8 Å². The Balaban J connectivity index is 1.36. The molecule has 0 spiro atoms. The zero-order chi connectivity index (χ0) is 24.1. The monoisotopic (exact) mass is 481 g/mol. The van der Waals surface area contributed by atoms with Gasteiger partial charge in [-0.15, -0.1) is 0 Å². The van der Waals surface area contributed by atoms with Crippen LogP contribution in [0, 0.1) is 0 Å². The fourth-order valence-electron chi connectivity index (χ4n) is 3.33. The molecule has 0 bridgehead atoms. The summed E-state index contributed by atoms with van der Waals surface area (Å²) < 4.78 is 21.9. The maximum Gasteiger partial charge on any atom is 0.231 e. The van der Waals surface area contributed by atoms with Gasteiger partial charge in [-0.3, -0.25) is 0 Å². The standard InChI is InChI=1S/C24H31N7O4/c25-9-11-32-13-14-33-12-10-26-22-29-23(27-15-18-5-2-1-3-6-18)31-24(30-22)28-16-19-7-4-8-20-21(19)35-17-34-20/h1-8H,9-17,25H2,(H3,26,27,28,29,30,31). The van der Waals surface area contributed by atoms with Gasteiger partial charge in [0, 0.05) is 31.7 Å². The number of fused-ring (bicyclic) bond motifs is 1. The minimum Gasteiger partial charge on any atom is -0.454 e. The lowest BCUT2D eigenvalue weighted by molar-refractivity contribution is 0.0547. The fourth-order valence-corrected chi connectivity index (χ4v) is 3.33. The molecular formula is C24H31N7O4. The van der Waals surface area contributed by atoms with E-state index in [1.54, 1.807) is 0 Å². The quantitative estimate of drug-likeness (QED) is 0.238. The molecule has 0 saturated heterocycles. The van der Waals surface area contributed by atoms with Gasteiger partial charge in [0.2, 0.25) is 24.6 Å². The summed E-state index contributed by atoms with van der Waals surface area (Å²) >= 11 is 0. The first-order valence-corrected chi connectivity index (χ1v) is 11.6. The number of nitrogens with two attached hydrogens (primary N) is 1. The maximum atomic E-state index is 5.59. The van der Waals surface area contributed by atoms with Crippen LogP contribution in [0.1, 0.15) is 11.1 Å². The van der Waals surface area contributed by atoms with E-state index < -0.39 is 0 Å². The molecule has 0 unspecified atom stereocenters. The molecule has 0 aliphatic carbocycles. The van der Waals surface area contributed by atoms with Gasteiger partial charge in [0.15, 0.2) is 11.5 Å². The average Bonchev–Trinajstić information content (AvgIpc) is 3.38. The van der Waals surface area contributed by atoms with E-state index in [9.17, 15) is 0 Å². The normalized spacial score (nSPS) is 11.9. The average molecular weight is 482 g/mol. The molecule has 0 atom stereocenters. The zero-order valence-electron chi connectivity index (χ0n) is 19.5. The number of aromatic nitrogens is 3. The van der Waals surface area contributed by atoms with E-state index in [-0.39, 0.29) is 6.79 Å². The van der Waals surface area contributed by atoms with Crippen molar-refractivity contribution in [1.29, 1.82) is 0 Å². The summed E-state index contributed by atoms with van der Waals surface area (Å²) in [7, 11) is 0. The third kappa shape index (κ3) is 7.67. The van der Waals surface area contributed by atoms with E-state index >= 15 is 0 Å². The molecule has 1 aliphatic rings. The van der Waals surface area contributed by atoms with E-state index in [0.29, 0.717) is 70.5 Å². The molecule has 0 amide bonds. The molecule has 11 heteroatoms. The van der Waals surface area contributed by atoms with Gasteiger partial charge in [-0.25, -0.2) is 0 Å². The van der Waals surface area contributed by atoms with E-state index in [1.165, 1.54) is 0 Å². The highest BCUT2D eigenvalue weighted by Crippen LogP contribution is 2.35. The smallest absolute Gasteiger partial charge is 0.231 e. The summed E-state index contributed by atoms with van der Waals surface area (Å²) in [6, 6.07) is 15.8. The molecule has 2 aromatic carbocycles. The van der Waals surface area contributed by atoms with Gasteiger partial charge in [-0.05, 0) is 11.6 Å². The second kappa shape index (κ2) is 13.3. The SMILES string of the molecule is NCCOCCOCCNc1nc(NCc2ccccc2)nc(NCc2cccc3c2OCO3)n1. The van der Waals surface area contributed by atoms with Crippen LogP contribution in [0.5, 0.6) is 11.5 Å². The van der Waals surface area contributed by atoms with Crippen LogP contribution >= 0.6 is 0 Å². The Labute approximate surface area is 204 Å². The first-order chi connectivity index (χ1) is 17.3. The Morgan fingerprint density at radius 3 is 2.23 bits per heavy atom. The third-order valence-corrected chi connectivity index (χ3v) is 5.01. The highest BCUT2D eigenvalue weighted by molar-refractivity contribution is 5.50. The molecule has 186 valence electrons. The lowest BCUT2D eigenvalue weighted by Gasteiger charge is -2.12. The summed E-state index contributed by atoms with van der Waals surface area (Å²) in [5.41, 5.74) is 7.48. The minimum atomic E-state index is 0.223. The van der Waals surface area contributed by atoms with Crippen LogP contribution in [0.15, 0.2) is 48.5 Å². The molecule has 2 heterocycles. The lowest BCUT2D eigenvalue weighted by Crippen LogP contribution is -2.17. The topological polar surface area (TPSA) is 138 Å². The van der Waals surface area contributed by atoms with Gasteiger partial charge in [-0.1, -0.05) is 42.5 Å². The molecular weight excluding hydrogens is 450 g/mol. The number of ether oxygens (including phenoxy) is 4. The molecule has 1 aliphatic heterocycles. The van der Waals surface area contributed by atoms with Crippen LogP contribution in [-0.2, 0) is 22.6 Å². The Morgan fingerprint density at radius 1 is 0.743 bits per heavy atom. The molecule has 4 rings (SSSR count). The van der Waals surface area contributed by atoms with Gasteiger partial charge in [0.25, 0.3) is 0 Å². The predicted molar refractivity (Wildman–Crippen MR) is 133 cm³/mol. The van der Waals surface area contributed by atoms with Gasteiger partial charge in [0.05, 0.1) is 26.4 Å². The van der Waals surface area contributed by atoms with Crippen molar-refractivity contribution in [2.45, 2.75) is 13.1 Å². The van der Waals surface area contributed by atoms with Crippen LogP contribution in [0.2, 0.25) is 0 Å². The van der Waals surface area contributed by atoms with Gasteiger partial charge >= 0.3 is 0 Å². The van der Waals surface area contributed by atoms with Gasteiger partial charge < -0.3 is 40.6 Å². The largest absolute Gasteiger partial charge is 0.454 e. The second-order valence-corrected chi connectivity index (χ2v) is 7.59. The number of nitrogens with one attached hydrogen (secondary N) is 3. The number of benzene rings is 2. The van der Waals surface area contributed by atoms with E-state index in [4.69, 9.17) is 24.7 Å². The van der Waals surface area contributed by atoms with Crippen molar-refractivity contribution < 1.29 is 18.9 Å². The van der Waals surface area contributed by atoms with Crippen molar-refractivity contribution in [1.82, 2.24) is 15.0 Å². The summed E-state index contributed by atoms with van der Waals surface area (Å²) in [5.74, 6) is 2.82. The van der Waals surface area contributed by atoms with Crippen molar-refractivity contribution in [2.75, 3.05) is 62.3 Å². The zero-order valence-corrected chi connectivity index (χ0v) is 19.5. The molecule has 5 N–H and O–H groups in total. The van der Waals surface area contributed by atoms with E-state index in [1.807, 2.05) is 48.5 Å². The van der Waals surface area contributed by atoms with Crippen molar-refractivity contribution in [3.8, 4) is 11.5 Å². The molecule has 1 aromatic heterocycles. The van der Waals surface area contributed by atoms with Crippen molar-refractivity contribution >= 4 is 17.8 Å². The third-order valence-electron chi connectivity index (χ3n) is 5.01. The predicted octanol–water partition coefficient (Wildman–Crippen LogP) is 2.23. The number of nitrogens with zero attached hydrogens (tertiary/aromatic N) is 3. The Kier molecular flexibility index (Phi) is 9.28. The van der Waals surface area contributed by atoms with Gasteiger partial charge in [-0.2, -0.15) is 15.0 Å². The van der Waals surface area contributed by atoms with Gasteiger partial charge in [0.1, 0.15) is 0 Å². The summed E-state index contributed by atoms with van der Waals surface area (Å²) in [6.45, 7) is 4.37. The number of rotatable bonds is 15. The first-order valence-electron chi connectivity index (χ1n) is 11.6. The Morgan fingerprint density at radius 2 is 1.46 bits per heavy atom. The summed E-state index contributed by atoms with van der Waals surface area (Å²) in [5, 5.41) is 9.72. The van der Waals surface area contributed by atoms with Crippen LogP contribution in [0.25, 0.3) is 0 Å². The van der Waals surface area contributed by atoms with E-state index in [2.05, 4.69) is 30.9 Å². The molecule has 0 radical (unpaired) electrons. The number of hydrogen-bond donors (Lipinski definition) is 4. The van der Waals surface area contributed by atoms with Crippen molar-refractivity contribution in [2.24, 2.45) is 5.73 Å². The molecule has 11 nitrogen and oxygen atoms in total. The Bertz CT molecular complexity index is 1060. The number of para-hydroxylation sites is 1. The minimum absolute atomic E-state index is 0.223. The highest BCUT2D eigenvalue weighted by atomic mass is 16.7. The maximum absolute atomic E-state index is 5.59. The molecule has 35 heavy (non-hydrogen) atoms. The summed E-state index contributed by atoms with van der Waals surface area (Å²) in [4.78, 5) is 13.5. The number of anilines is 3. The van der Waals surface area contributed by atoms with Crippen LogP contribution in [-0.4, -0.2) is 61.3 Å². The van der Waals surface area contributed by atoms with E-state index in [0.717, 1.165) is 22.6 Å². The molecule has 0 saturated carbocycles.